The van der Waals surface area contributed by atoms with Crippen LogP contribution in [0.25, 0.3) is 82.6 Å². The Balaban J connectivity index is 1.33. The van der Waals surface area contributed by atoms with Crippen LogP contribution < -0.4 is 4.90 Å². The molecule has 0 aliphatic heterocycles. The van der Waals surface area contributed by atoms with E-state index in [2.05, 4.69) is 173 Å². The highest BCUT2D eigenvalue weighted by atomic mass is 16.3. The second-order valence-corrected chi connectivity index (χ2v) is 13.4. The molecule has 0 aliphatic rings. The molecule has 53 heavy (non-hydrogen) atoms. The molecule has 0 aliphatic carbocycles. The lowest BCUT2D eigenvalue weighted by Gasteiger charge is -2.25. The van der Waals surface area contributed by atoms with Crippen molar-refractivity contribution in [1.82, 2.24) is 14.5 Å². The summed E-state index contributed by atoms with van der Waals surface area (Å²) in [6.45, 7) is 0. The lowest BCUT2D eigenvalue weighted by molar-refractivity contribution is 0.671. The molecule has 5 nitrogen and oxygen atoms in total. The zero-order valence-electron chi connectivity index (χ0n) is 28.5. The first-order valence-electron chi connectivity index (χ1n) is 17.8. The van der Waals surface area contributed by atoms with Crippen LogP contribution in [0.2, 0.25) is 0 Å². The molecule has 0 bridgehead atoms. The second kappa shape index (κ2) is 11.7. The van der Waals surface area contributed by atoms with E-state index in [1.54, 1.807) is 0 Å². The summed E-state index contributed by atoms with van der Waals surface area (Å²) in [5.41, 5.74) is 9.55. The van der Waals surface area contributed by atoms with Crippen molar-refractivity contribution in [2.45, 2.75) is 0 Å². The summed E-state index contributed by atoms with van der Waals surface area (Å²) in [6.07, 6.45) is 0. The molecule has 0 amide bonds. The van der Waals surface area contributed by atoms with E-state index in [1.165, 1.54) is 0 Å². The second-order valence-electron chi connectivity index (χ2n) is 13.4. The Kier molecular flexibility index (Phi) is 6.48. The first kappa shape index (κ1) is 29.5. The maximum atomic E-state index is 6.90. The molecule has 8 aromatic carbocycles. The number of para-hydroxylation sites is 4. The van der Waals surface area contributed by atoms with Gasteiger partial charge >= 0.3 is 0 Å². The number of hydrogen-bond acceptors (Lipinski definition) is 4. The van der Waals surface area contributed by atoms with Gasteiger partial charge in [-0.2, -0.15) is 0 Å². The van der Waals surface area contributed by atoms with E-state index in [4.69, 9.17) is 14.4 Å². The van der Waals surface area contributed by atoms with Crippen molar-refractivity contribution in [2.75, 3.05) is 4.90 Å². The Bertz CT molecular complexity index is 3130. The molecule has 3 heterocycles. The molecule has 11 aromatic rings. The SMILES string of the molecule is c1ccc(-c2nc(-n3c4cc(N(c5ccccc5)c5ccccc5)ccc4c4c5ccccc5c5c6ccccc6oc5c43)nc3ccccc23)cc1. The molecule has 0 radical (unpaired) electrons. The first-order valence-corrected chi connectivity index (χ1v) is 17.8. The predicted octanol–water partition coefficient (Wildman–Crippen LogP) is 12.9. The Morgan fingerprint density at radius 1 is 0.453 bits per heavy atom. The number of aromatic nitrogens is 3. The zero-order chi connectivity index (χ0) is 34.9. The number of furan rings is 1. The van der Waals surface area contributed by atoms with Crippen molar-refractivity contribution in [2.24, 2.45) is 0 Å². The third-order valence-corrected chi connectivity index (χ3v) is 10.4. The number of rotatable bonds is 5. The van der Waals surface area contributed by atoms with Gasteiger partial charge in [0.2, 0.25) is 5.95 Å². The highest BCUT2D eigenvalue weighted by molar-refractivity contribution is 6.35. The first-order chi connectivity index (χ1) is 26.3. The van der Waals surface area contributed by atoms with E-state index in [0.717, 1.165) is 93.7 Å². The van der Waals surface area contributed by atoms with Crippen molar-refractivity contribution in [3.63, 3.8) is 0 Å². The summed E-state index contributed by atoms with van der Waals surface area (Å²) in [5.74, 6) is 0.586. The van der Waals surface area contributed by atoms with E-state index in [0.29, 0.717) is 5.95 Å². The van der Waals surface area contributed by atoms with Gasteiger partial charge in [-0.15, -0.1) is 0 Å². The standard InChI is InChI=1S/C48H30N4O/c1-4-16-31(17-5-1)45-37-24-12-14-26-40(37)49-48(50-45)52-41-30-34(51(32-18-6-2-7-19-32)33-20-8-3-9-21-33)28-29-38(41)43-35-22-10-11-23-36(35)44-39-25-13-15-27-42(39)53-47(44)46(43)52/h1-30H. The Morgan fingerprint density at radius 3 is 1.75 bits per heavy atom. The molecule has 248 valence electrons. The molecule has 0 atom stereocenters. The summed E-state index contributed by atoms with van der Waals surface area (Å²) in [7, 11) is 0. The van der Waals surface area contributed by atoms with Gasteiger partial charge in [0, 0.05) is 49.6 Å². The minimum Gasteiger partial charge on any atom is -0.454 e. The van der Waals surface area contributed by atoms with Crippen molar-refractivity contribution in [3.8, 4) is 17.2 Å². The molecular formula is C48H30N4O. The molecule has 0 N–H and O–H groups in total. The van der Waals surface area contributed by atoms with Gasteiger partial charge in [-0.3, -0.25) is 4.57 Å². The highest BCUT2D eigenvalue weighted by Gasteiger charge is 2.26. The van der Waals surface area contributed by atoms with Gasteiger partial charge in [-0.25, -0.2) is 9.97 Å². The van der Waals surface area contributed by atoms with E-state index < -0.39 is 0 Å². The monoisotopic (exact) mass is 678 g/mol. The third-order valence-electron chi connectivity index (χ3n) is 10.4. The lowest BCUT2D eigenvalue weighted by Crippen LogP contribution is -2.10. The maximum Gasteiger partial charge on any atom is 0.235 e. The van der Waals surface area contributed by atoms with Gasteiger partial charge in [-0.05, 0) is 59.3 Å². The topological polar surface area (TPSA) is 47.1 Å². The van der Waals surface area contributed by atoms with Crippen LogP contribution in [0.5, 0.6) is 0 Å². The minimum absolute atomic E-state index is 0.586. The average Bonchev–Trinajstić information content (AvgIpc) is 3.78. The third kappa shape index (κ3) is 4.51. The fourth-order valence-electron chi connectivity index (χ4n) is 8.09. The van der Waals surface area contributed by atoms with Gasteiger partial charge in [0.15, 0.2) is 5.58 Å². The normalized spacial score (nSPS) is 11.8. The largest absolute Gasteiger partial charge is 0.454 e. The minimum atomic E-state index is 0.586. The van der Waals surface area contributed by atoms with Gasteiger partial charge in [0.05, 0.1) is 16.7 Å². The summed E-state index contributed by atoms with van der Waals surface area (Å²) in [4.78, 5) is 13.1. The smallest absolute Gasteiger partial charge is 0.235 e. The summed E-state index contributed by atoms with van der Waals surface area (Å²) in [5, 5.41) is 7.70. The predicted molar refractivity (Wildman–Crippen MR) is 219 cm³/mol. The number of fused-ring (bicyclic) bond motifs is 11. The van der Waals surface area contributed by atoms with Crippen molar-refractivity contribution >= 4 is 82.5 Å². The van der Waals surface area contributed by atoms with Crippen LogP contribution in [-0.4, -0.2) is 14.5 Å². The van der Waals surface area contributed by atoms with Crippen molar-refractivity contribution in [1.29, 1.82) is 0 Å². The van der Waals surface area contributed by atoms with E-state index in [9.17, 15) is 0 Å². The summed E-state index contributed by atoms with van der Waals surface area (Å²) in [6, 6.07) is 63.5. The number of anilines is 3. The van der Waals surface area contributed by atoms with E-state index in [1.807, 2.05) is 18.2 Å². The number of nitrogens with zero attached hydrogens (tertiary/aromatic N) is 4. The molecule has 0 saturated carbocycles. The van der Waals surface area contributed by atoms with E-state index in [-0.39, 0.29) is 0 Å². The van der Waals surface area contributed by atoms with Crippen molar-refractivity contribution in [3.05, 3.63) is 182 Å². The Labute approximate surface area is 304 Å². The molecule has 0 spiro atoms. The van der Waals surface area contributed by atoms with Crippen LogP contribution >= 0.6 is 0 Å². The number of hydrogen-bond donors (Lipinski definition) is 0. The highest BCUT2D eigenvalue weighted by Crippen LogP contribution is 2.47. The van der Waals surface area contributed by atoms with Gasteiger partial charge in [0.25, 0.3) is 0 Å². The zero-order valence-corrected chi connectivity index (χ0v) is 28.5. The Hall–Kier alpha value is -7.24. The molecule has 0 fully saturated rings. The fourth-order valence-corrected chi connectivity index (χ4v) is 8.09. The maximum absolute atomic E-state index is 6.90. The van der Waals surface area contributed by atoms with Crippen LogP contribution in [0.1, 0.15) is 0 Å². The molecule has 0 saturated heterocycles. The van der Waals surface area contributed by atoms with Gasteiger partial charge < -0.3 is 9.32 Å². The molecule has 3 aromatic heterocycles. The fraction of sp³-hybridized carbons (Fsp3) is 0. The van der Waals surface area contributed by atoms with Crippen molar-refractivity contribution < 1.29 is 4.42 Å². The van der Waals surface area contributed by atoms with Crippen LogP contribution in [-0.2, 0) is 0 Å². The van der Waals surface area contributed by atoms with Gasteiger partial charge in [0.1, 0.15) is 11.1 Å². The lowest BCUT2D eigenvalue weighted by atomic mass is 9.98. The summed E-state index contributed by atoms with van der Waals surface area (Å²) >= 11 is 0. The quantitative estimate of drug-likeness (QED) is 0.182. The van der Waals surface area contributed by atoms with Crippen LogP contribution in [0.15, 0.2) is 186 Å². The van der Waals surface area contributed by atoms with E-state index >= 15 is 0 Å². The van der Waals surface area contributed by atoms with Gasteiger partial charge in [-0.1, -0.05) is 133 Å². The molecule has 0 unspecified atom stereocenters. The van der Waals surface area contributed by atoms with Crippen LogP contribution in [0.3, 0.4) is 0 Å². The summed E-state index contributed by atoms with van der Waals surface area (Å²) < 4.78 is 9.13. The van der Waals surface area contributed by atoms with Crippen LogP contribution in [0, 0.1) is 0 Å². The molecule has 11 rings (SSSR count). The average molecular weight is 679 g/mol. The Morgan fingerprint density at radius 2 is 1.04 bits per heavy atom. The molecule has 5 heteroatoms. The van der Waals surface area contributed by atoms with Crippen LogP contribution in [0.4, 0.5) is 17.1 Å². The molecular weight excluding hydrogens is 649 g/mol. The number of benzene rings is 8.